The smallest absolute Gasteiger partial charge is 0.228 e. The van der Waals surface area contributed by atoms with Gasteiger partial charge in [0.15, 0.2) is 0 Å². The minimum absolute atomic E-state index is 0.238. The molecule has 0 radical (unpaired) electrons. The van der Waals surface area contributed by atoms with Gasteiger partial charge in [-0.2, -0.15) is 0 Å². The van der Waals surface area contributed by atoms with Crippen molar-refractivity contribution in [2.75, 3.05) is 26.2 Å². The summed E-state index contributed by atoms with van der Waals surface area (Å²) in [5.74, 6) is 2.15. The minimum atomic E-state index is 0.238. The van der Waals surface area contributed by atoms with Crippen LogP contribution in [0.5, 0.6) is 0 Å². The molecule has 2 saturated carbocycles. The molecule has 148 valence electrons. The number of rotatable bonds is 5. The third kappa shape index (κ3) is 3.60. The van der Waals surface area contributed by atoms with Gasteiger partial charge in [-0.25, -0.2) is 4.98 Å². The Morgan fingerprint density at radius 3 is 2.57 bits per heavy atom. The number of benzene rings is 1. The number of amides is 1. The largest absolute Gasteiger partial charge is 0.340 e. The summed E-state index contributed by atoms with van der Waals surface area (Å²) in [6.45, 7) is 4.60. The maximum Gasteiger partial charge on any atom is 0.228 e. The zero-order valence-electron chi connectivity index (χ0n) is 16.5. The Morgan fingerprint density at radius 2 is 1.86 bits per heavy atom. The van der Waals surface area contributed by atoms with Gasteiger partial charge in [0.2, 0.25) is 5.91 Å². The Hall–Kier alpha value is -2.14. The number of hydrogen-bond acceptors (Lipinski definition) is 3. The van der Waals surface area contributed by atoms with Crippen molar-refractivity contribution in [1.29, 1.82) is 0 Å². The summed E-state index contributed by atoms with van der Waals surface area (Å²) in [6, 6.07) is 11.1. The van der Waals surface area contributed by atoms with Gasteiger partial charge in [-0.1, -0.05) is 36.8 Å². The van der Waals surface area contributed by atoms with Crippen LogP contribution in [-0.4, -0.2) is 57.5 Å². The number of carbonyl (C=O) groups excluding carboxylic acids is 1. The van der Waals surface area contributed by atoms with Crippen LogP contribution in [0.3, 0.4) is 0 Å². The highest BCUT2D eigenvalue weighted by atomic mass is 16.2. The summed E-state index contributed by atoms with van der Waals surface area (Å²) in [4.78, 5) is 21.9. The van der Waals surface area contributed by atoms with E-state index in [1.165, 1.54) is 31.2 Å². The van der Waals surface area contributed by atoms with E-state index in [-0.39, 0.29) is 5.91 Å². The van der Waals surface area contributed by atoms with Crippen LogP contribution in [0.4, 0.5) is 0 Å². The van der Waals surface area contributed by atoms with Gasteiger partial charge in [0.25, 0.3) is 0 Å². The van der Waals surface area contributed by atoms with Crippen molar-refractivity contribution in [3.05, 3.63) is 54.1 Å². The lowest BCUT2D eigenvalue weighted by molar-refractivity contribution is -0.132. The van der Waals surface area contributed by atoms with Gasteiger partial charge in [0.05, 0.1) is 12.7 Å². The van der Waals surface area contributed by atoms with Gasteiger partial charge in [-0.15, -0.1) is 0 Å². The molecule has 3 fully saturated rings. The summed E-state index contributed by atoms with van der Waals surface area (Å²) in [5.41, 5.74) is 2.23. The van der Waals surface area contributed by atoms with E-state index < -0.39 is 0 Å². The number of aromatic nitrogens is 2. The van der Waals surface area contributed by atoms with E-state index in [0.717, 1.165) is 56.3 Å². The summed E-state index contributed by atoms with van der Waals surface area (Å²) in [6.07, 6.45) is 9.86. The summed E-state index contributed by atoms with van der Waals surface area (Å²) in [7, 11) is 0. The molecule has 1 aromatic carbocycles. The van der Waals surface area contributed by atoms with Crippen LogP contribution in [0.1, 0.15) is 36.9 Å². The first-order valence-corrected chi connectivity index (χ1v) is 10.8. The van der Waals surface area contributed by atoms with E-state index in [4.69, 9.17) is 0 Å². The number of fused-ring (bicyclic) bond motifs is 2. The third-order valence-corrected chi connectivity index (χ3v) is 7.16. The minimum Gasteiger partial charge on any atom is -0.340 e. The molecule has 3 aliphatic rings. The lowest BCUT2D eigenvalue weighted by Crippen LogP contribution is -2.53. The number of imidazole rings is 1. The molecule has 0 unspecified atom stereocenters. The molecule has 3 atom stereocenters. The van der Waals surface area contributed by atoms with Crippen molar-refractivity contribution in [3.8, 4) is 0 Å². The Labute approximate surface area is 167 Å². The standard InChI is InChI=1S/C23H30N4O/c28-23(14-21-15-24-17-27(21)16-18-4-2-1-3-5-18)26-10-8-25(9-11-26)22-13-19-6-7-20(22)12-19/h1-5,15,17,19-20,22H,6-14,16H2/t19-,20-,22+/m0/s1. The van der Waals surface area contributed by atoms with Gasteiger partial charge < -0.3 is 9.47 Å². The quantitative estimate of drug-likeness (QED) is 0.803. The van der Waals surface area contributed by atoms with Crippen molar-refractivity contribution in [1.82, 2.24) is 19.4 Å². The molecule has 5 rings (SSSR count). The maximum atomic E-state index is 12.9. The molecule has 1 saturated heterocycles. The van der Waals surface area contributed by atoms with Crippen molar-refractivity contribution in [3.63, 3.8) is 0 Å². The Balaban J connectivity index is 1.16. The molecule has 5 nitrogen and oxygen atoms in total. The zero-order valence-corrected chi connectivity index (χ0v) is 16.5. The Bertz CT molecular complexity index is 809. The molecule has 2 aliphatic carbocycles. The molecule has 0 N–H and O–H groups in total. The summed E-state index contributed by atoms with van der Waals surface area (Å²) >= 11 is 0. The molecule has 1 aromatic heterocycles. The molecule has 28 heavy (non-hydrogen) atoms. The van der Waals surface area contributed by atoms with Gasteiger partial charge in [-0.05, 0) is 36.7 Å². The lowest BCUT2D eigenvalue weighted by Gasteiger charge is -2.41. The fraction of sp³-hybridized carbons (Fsp3) is 0.565. The van der Waals surface area contributed by atoms with Gasteiger partial charge >= 0.3 is 0 Å². The van der Waals surface area contributed by atoms with Crippen LogP contribution in [0.15, 0.2) is 42.9 Å². The van der Waals surface area contributed by atoms with E-state index in [0.29, 0.717) is 6.42 Å². The van der Waals surface area contributed by atoms with Crippen molar-refractivity contribution < 1.29 is 4.79 Å². The predicted molar refractivity (Wildman–Crippen MR) is 109 cm³/mol. The third-order valence-electron chi connectivity index (χ3n) is 7.16. The Morgan fingerprint density at radius 1 is 1.04 bits per heavy atom. The fourth-order valence-corrected chi connectivity index (χ4v) is 5.65. The summed E-state index contributed by atoms with van der Waals surface area (Å²) in [5, 5.41) is 0. The number of hydrogen-bond donors (Lipinski definition) is 0. The second-order valence-corrected chi connectivity index (χ2v) is 8.83. The fourth-order valence-electron chi connectivity index (χ4n) is 5.65. The van der Waals surface area contributed by atoms with E-state index in [9.17, 15) is 4.79 Å². The number of nitrogens with zero attached hydrogens (tertiary/aromatic N) is 4. The normalized spacial score (nSPS) is 27.4. The van der Waals surface area contributed by atoms with Crippen molar-refractivity contribution in [2.24, 2.45) is 11.8 Å². The highest BCUT2D eigenvalue weighted by Gasteiger charge is 2.42. The molecular formula is C23H30N4O. The molecule has 1 aliphatic heterocycles. The molecule has 0 spiro atoms. The van der Waals surface area contributed by atoms with Crippen molar-refractivity contribution in [2.45, 2.75) is 44.7 Å². The van der Waals surface area contributed by atoms with Gasteiger partial charge in [-0.3, -0.25) is 9.69 Å². The molecular weight excluding hydrogens is 348 g/mol. The monoisotopic (exact) mass is 378 g/mol. The van der Waals surface area contributed by atoms with Crippen molar-refractivity contribution >= 4 is 5.91 Å². The first-order chi connectivity index (χ1) is 13.8. The van der Waals surface area contributed by atoms with Gasteiger partial charge in [0.1, 0.15) is 0 Å². The maximum absolute atomic E-state index is 12.9. The highest BCUT2D eigenvalue weighted by Crippen LogP contribution is 2.46. The van der Waals surface area contributed by atoms with Crippen LogP contribution in [0, 0.1) is 11.8 Å². The second kappa shape index (κ2) is 7.70. The first-order valence-electron chi connectivity index (χ1n) is 10.8. The molecule has 1 amide bonds. The molecule has 5 heteroatoms. The molecule has 2 bridgehead atoms. The average Bonchev–Trinajstić information content (AvgIpc) is 3.47. The topological polar surface area (TPSA) is 41.4 Å². The summed E-state index contributed by atoms with van der Waals surface area (Å²) < 4.78 is 2.10. The van der Waals surface area contributed by atoms with Crippen LogP contribution < -0.4 is 0 Å². The van der Waals surface area contributed by atoms with E-state index in [2.05, 4.69) is 31.5 Å². The SMILES string of the molecule is O=C(Cc1cncn1Cc1ccccc1)N1CCN([C@@H]2C[C@H]3CC[C@H]2C3)CC1. The van der Waals surface area contributed by atoms with E-state index >= 15 is 0 Å². The van der Waals surface area contributed by atoms with Crippen LogP contribution in [0.25, 0.3) is 0 Å². The van der Waals surface area contributed by atoms with Crippen LogP contribution in [-0.2, 0) is 17.8 Å². The average molecular weight is 379 g/mol. The second-order valence-electron chi connectivity index (χ2n) is 8.83. The highest BCUT2D eigenvalue weighted by molar-refractivity contribution is 5.78. The molecule has 2 aromatic rings. The zero-order chi connectivity index (χ0) is 18.9. The van der Waals surface area contributed by atoms with Crippen LogP contribution in [0.2, 0.25) is 0 Å². The molecule has 2 heterocycles. The van der Waals surface area contributed by atoms with E-state index in [1.54, 1.807) is 0 Å². The first kappa shape index (κ1) is 17.9. The predicted octanol–water partition coefficient (Wildman–Crippen LogP) is 2.81. The van der Waals surface area contributed by atoms with E-state index in [1.807, 2.05) is 30.7 Å². The number of carbonyl (C=O) groups is 1. The van der Waals surface area contributed by atoms with Crippen LogP contribution >= 0.6 is 0 Å². The van der Waals surface area contributed by atoms with Gasteiger partial charge in [0, 0.05) is 50.7 Å². The Kier molecular flexibility index (Phi) is 4.93. The number of piperazine rings is 1. The lowest BCUT2D eigenvalue weighted by atomic mass is 9.93.